The van der Waals surface area contributed by atoms with E-state index < -0.39 is 29.9 Å². The summed E-state index contributed by atoms with van der Waals surface area (Å²) in [5.41, 5.74) is 0.897. The standard InChI is InChI=1S/C22H16F2N4O3/c23-13-1-3-14(4-2-13)27-20(29)12-21(30)28-18-6-5-15(11-17(18)24)31-19-8-10-26-22-16(19)7-9-25-22/h1-11H,12H2,(H,25,26)(H,27,29)(H,28,30). The van der Waals surface area contributed by atoms with Gasteiger partial charge in [0.1, 0.15) is 35.2 Å². The summed E-state index contributed by atoms with van der Waals surface area (Å²) in [6.45, 7) is 0. The minimum atomic E-state index is -0.718. The van der Waals surface area contributed by atoms with Crippen molar-refractivity contribution in [3.63, 3.8) is 0 Å². The summed E-state index contributed by atoms with van der Waals surface area (Å²) in [6.07, 6.45) is 2.75. The fraction of sp³-hybridized carbons (Fsp3) is 0.0455. The van der Waals surface area contributed by atoms with Crippen LogP contribution in [0.25, 0.3) is 11.0 Å². The molecule has 4 aromatic rings. The molecule has 2 aromatic heterocycles. The Morgan fingerprint density at radius 1 is 0.968 bits per heavy atom. The number of halogens is 2. The van der Waals surface area contributed by atoms with Crippen molar-refractivity contribution >= 4 is 34.2 Å². The van der Waals surface area contributed by atoms with E-state index in [2.05, 4.69) is 20.6 Å². The SMILES string of the molecule is O=C(CC(=O)Nc1ccc(Oc2ccnc3[nH]ccc23)cc1F)Nc1ccc(F)cc1. The maximum atomic E-state index is 14.4. The summed E-state index contributed by atoms with van der Waals surface area (Å²) >= 11 is 0. The zero-order valence-electron chi connectivity index (χ0n) is 16.0. The van der Waals surface area contributed by atoms with Gasteiger partial charge in [0.15, 0.2) is 0 Å². The fourth-order valence-corrected chi connectivity index (χ4v) is 2.89. The van der Waals surface area contributed by atoms with Gasteiger partial charge in [-0.3, -0.25) is 9.59 Å². The number of anilines is 2. The van der Waals surface area contributed by atoms with Crippen molar-refractivity contribution in [2.24, 2.45) is 0 Å². The molecule has 0 saturated heterocycles. The van der Waals surface area contributed by atoms with Crippen molar-refractivity contribution in [2.45, 2.75) is 6.42 Å². The predicted octanol–water partition coefficient (Wildman–Crippen LogP) is 4.60. The summed E-state index contributed by atoms with van der Waals surface area (Å²) in [5, 5.41) is 5.55. The zero-order chi connectivity index (χ0) is 21.8. The molecule has 0 unspecified atom stereocenters. The second-order valence-electron chi connectivity index (χ2n) is 6.57. The number of nitrogens with one attached hydrogen (secondary N) is 3. The summed E-state index contributed by atoms with van der Waals surface area (Å²) < 4.78 is 33.1. The highest BCUT2D eigenvalue weighted by Crippen LogP contribution is 2.30. The first-order valence-corrected chi connectivity index (χ1v) is 9.23. The first-order valence-electron chi connectivity index (χ1n) is 9.23. The van der Waals surface area contributed by atoms with Gasteiger partial charge in [0.25, 0.3) is 0 Å². The third kappa shape index (κ3) is 4.84. The molecule has 0 atom stereocenters. The molecule has 0 fully saturated rings. The van der Waals surface area contributed by atoms with Crippen molar-refractivity contribution in [1.82, 2.24) is 9.97 Å². The number of carbonyl (C=O) groups is 2. The molecule has 0 radical (unpaired) electrons. The Bertz CT molecular complexity index is 1260. The Kier molecular flexibility index (Phi) is 5.57. The quantitative estimate of drug-likeness (QED) is 0.396. The normalized spacial score (nSPS) is 10.6. The molecule has 4 rings (SSSR count). The maximum absolute atomic E-state index is 14.4. The number of hydrogen-bond acceptors (Lipinski definition) is 4. The maximum Gasteiger partial charge on any atom is 0.233 e. The highest BCUT2D eigenvalue weighted by molar-refractivity contribution is 6.08. The molecule has 0 bridgehead atoms. The molecule has 2 aromatic carbocycles. The number of aromatic nitrogens is 2. The van der Waals surface area contributed by atoms with E-state index in [1.807, 2.05) is 0 Å². The minimum absolute atomic E-state index is 0.0894. The number of carbonyl (C=O) groups excluding carboxylic acids is 2. The van der Waals surface area contributed by atoms with Crippen LogP contribution in [-0.4, -0.2) is 21.8 Å². The lowest BCUT2D eigenvalue weighted by molar-refractivity contribution is -0.123. The van der Waals surface area contributed by atoms with Crippen LogP contribution in [0.1, 0.15) is 6.42 Å². The molecule has 0 aliphatic carbocycles. The van der Waals surface area contributed by atoms with Crippen LogP contribution in [0.4, 0.5) is 20.2 Å². The largest absolute Gasteiger partial charge is 0.456 e. The second kappa shape index (κ2) is 8.62. The van der Waals surface area contributed by atoms with Crippen LogP contribution in [0.15, 0.2) is 67.0 Å². The lowest BCUT2D eigenvalue weighted by Crippen LogP contribution is -2.21. The molecule has 9 heteroatoms. The monoisotopic (exact) mass is 422 g/mol. The molecule has 0 aliphatic rings. The molecule has 0 spiro atoms. The fourth-order valence-electron chi connectivity index (χ4n) is 2.89. The number of rotatable bonds is 6. The van der Waals surface area contributed by atoms with E-state index in [9.17, 15) is 18.4 Å². The van der Waals surface area contributed by atoms with Gasteiger partial charge in [0, 0.05) is 24.1 Å². The number of aromatic amines is 1. The van der Waals surface area contributed by atoms with Gasteiger partial charge in [-0.2, -0.15) is 0 Å². The van der Waals surface area contributed by atoms with Crippen LogP contribution in [0.2, 0.25) is 0 Å². The third-order valence-corrected chi connectivity index (χ3v) is 4.31. The molecular weight excluding hydrogens is 406 g/mol. The predicted molar refractivity (Wildman–Crippen MR) is 111 cm³/mol. The minimum Gasteiger partial charge on any atom is -0.456 e. The van der Waals surface area contributed by atoms with Crippen LogP contribution in [0.3, 0.4) is 0 Å². The van der Waals surface area contributed by atoms with Crippen molar-refractivity contribution in [3.8, 4) is 11.5 Å². The molecule has 3 N–H and O–H groups in total. The molecule has 2 amide bonds. The third-order valence-electron chi connectivity index (χ3n) is 4.31. The van der Waals surface area contributed by atoms with E-state index in [4.69, 9.17) is 4.74 Å². The molecule has 0 saturated carbocycles. The van der Waals surface area contributed by atoms with Gasteiger partial charge in [-0.25, -0.2) is 13.8 Å². The van der Waals surface area contributed by atoms with E-state index in [-0.39, 0.29) is 11.4 Å². The Morgan fingerprint density at radius 3 is 2.52 bits per heavy atom. The number of hydrogen-bond donors (Lipinski definition) is 3. The average molecular weight is 422 g/mol. The Hall–Kier alpha value is -4.27. The Morgan fingerprint density at radius 2 is 1.74 bits per heavy atom. The van der Waals surface area contributed by atoms with Gasteiger partial charge in [-0.1, -0.05) is 0 Å². The average Bonchev–Trinajstić information content (AvgIpc) is 3.22. The molecule has 156 valence electrons. The van der Waals surface area contributed by atoms with E-state index in [1.165, 1.54) is 36.4 Å². The van der Waals surface area contributed by atoms with Gasteiger partial charge in [-0.15, -0.1) is 0 Å². The molecule has 7 nitrogen and oxygen atoms in total. The van der Waals surface area contributed by atoms with Crippen LogP contribution >= 0.6 is 0 Å². The topological polar surface area (TPSA) is 96.1 Å². The summed E-state index contributed by atoms with van der Waals surface area (Å²) in [5.74, 6) is -1.74. The van der Waals surface area contributed by atoms with Crippen LogP contribution in [0, 0.1) is 11.6 Å². The molecule has 31 heavy (non-hydrogen) atoms. The van der Waals surface area contributed by atoms with Gasteiger partial charge in [0.05, 0.1) is 11.1 Å². The highest BCUT2D eigenvalue weighted by Gasteiger charge is 2.14. The first kappa shape index (κ1) is 20.0. The number of pyridine rings is 1. The molecular formula is C22H16F2N4O3. The van der Waals surface area contributed by atoms with Gasteiger partial charge < -0.3 is 20.4 Å². The number of H-pyrrole nitrogens is 1. The summed E-state index contributed by atoms with van der Waals surface area (Å²) in [4.78, 5) is 31.1. The smallest absolute Gasteiger partial charge is 0.233 e. The lowest BCUT2D eigenvalue weighted by Gasteiger charge is -2.10. The highest BCUT2D eigenvalue weighted by atomic mass is 19.1. The van der Waals surface area contributed by atoms with Crippen molar-refractivity contribution in [2.75, 3.05) is 10.6 Å². The first-order chi connectivity index (χ1) is 15.0. The van der Waals surface area contributed by atoms with Gasteiger partial charge >= 0.3 is 0 Å². The van der Waals surface area contributed by atoms with Crippen molar-refractivity contribution in [3.05, 3.63) is 78.6 Å². The van der Waals surface area contributed by atoms with Crippen molar-refractivity contribution < 1.29 is 23.1 Å². The molecule has 0 aliphatic heterocycles. The van der Waals surface area contributed by atoms with Crippen LogP contribution in [-0.2, 0) is 9.59 Å². The van der Waals surface area contributed by atoms with E-state index in [0.717, 1.165) is 11.5 Å². The van der Waals surface area contributed by atoms with Gasteiger partial charge in [-0.05, 0) is 48.5 Å². The summed E-state index contributed by atoms with van der Waals surface area (Å²) in [6, 6.07) is 12.5. The second-order valence-corrected chi connectivity index (χ2v) is 6.57. The number of nitrogens with zero attached hydrogens (tertiary/aromatic N) is 1. The Labute approximate surface area is 175 Å². The Balaban J connectivity index is 1.37. The van der Waals surface area contributed by atoms with Gasteiger partial charge in [0.2, 0.25) is 11.8 Å². The van der Waals surface area contributed by atoms with E-state index in [1.54, 1.807) is 24.5 Å². The molecule has 2 heterocycles. The van der Waals surface area contributed by atoms with Crippen molar-refractivity contribution in [1.29, 1.82) is 0 Å². The van der Waals surface area contributed by atoms with Crippen LogP contribution in [0.5, 0.6) is 11.5 Å². The number of amides is 2. The number of ether oxygens (including phenoxy) is 1. The van der Waals surface area contributed by atoms with E-state index in [0.29, 0.717) is 17.1 Å². The van der Waals surface area contributed by atoms with E-state index >= 15 is 0 Å². The number of benzene rings is 2. The lowest BCUT2D eigenvalue weighted by atomic mass is 10.2. The number of fused-ring (bicyclic) bond motifs is 1. The zero-order valence-corrected chi connectivity index (χ0v) is 16.0. The summed E-state index contributed by atoms with van der Waals surface area (Å²) in [7, 11) is 0. The van der Waals surface area contributed by atoms with Crippen LogP contribution < -0.4 is 15.4 Å².